The van der Waals surface area contributed by atoms with Gasteiger partial charge in [0, 0.05) is 90.0 Å². The van der Waals surface area contributed by atoms with Gasteiger partial charge >= 0.3 is 18.1 Å². The van der Waals surface area contributed by atoms with E-state index < -0.39 is 234 Å². The van der Waals surface area contributed by atoms with E-state index in [0.717, 1.165) is 38.8 Å². The van der Waals surface area contributed by atoms with Gasteiger partial charge in [-0.3, -0.25) is 93.6 Å². The predicted molar refractivity (Wildman–Crippen MR) is 555 cm³/mol. The second-order valence-corrected chi connectivity index (χ2v) is 37.7. The number of urea groups is 3. The Kier molecular flexibility index (Phi) is 55.2. The van der Waals surface area contributed by atoms with E-state index in [0.29, 0.717) is 16.5 Å². The molecule has 14 atom stereocenters. The van der Waals surface area contributed by atoms with Gasteiger partial charge in [0.15, 0.2) is 23.8 Å². The molecule has 2 saturated heterocycles. The van der Waals surface area contributed by atoms with Gasteiger partial charge in [-0.1, -0.05) is 88.3 Å². The number of aliphatic carboxylic acids is 1. The van der Waals surface area contributed by atoms with Crippen molar-refractivity contribution in [1.29, 1.82) is 21.6 Å². The molecule has 0 spiro atoms. The second kappa shape index (κ2) is 66.4. The molecule has 149 heavy (non-hydrogen) atoms. The third-order valence-electron chi connectivity index (χ3n) is 23.2. The minimum atomic E-state index is -1.92. The van der Waals surface area contributed by atoms with E-state index in [1.807, 2.05) is 6.07 Å². The number of benzene rings is 4. The summed E-state index contributed by atoms with van der Waals surface area (Å²) in [4.78, 5) is 259. The number of phenols is 2. The number of carboxylic acids is 1. The largest absolute Gasteiger partial charge is 0.508 e. The molecule has 2 fully saturated rings. The van der Waals surface area contributed by atoms with Gasteiger partial charge in [-0.05, 0) is 180 Å². The van der Waals surface area contributed by atoms with Gasteiger partial charge in [0.05, 0.1) is 6.04 Å². The zero-order chi connectivity index (χ0) is 110. The molecule has 46 N–H and O–H groups in total. The van der Waals surface area contributed by atoms with Gasteiger partial charge in [0.25, 0.3) is 5.97 Å². The highest BCUT2D eigenvalue weighted by Crippen LogP contribution is 2.27. The highest BCUT2D eigenvalue weighted by Gasteiger charge is 2.43. The van der Waals surface area contributed by atoms with Crippen LogP contribution in [0.4, 0.5) is 14.4 Å². The SMILES string of the molecule is CC(=O)O.N=C(N)NCCC[C@H](NC(=O)[C@@H]1CSSC[C@H](NC(=O)[C@H](Cc2ccc3ccccc3c2)NC(=O)[C@H](CCCNC(=N)N)NC(=O)[C@@H](N)CCCNC(=N)N)C(=O)N[C@@H](Cc2ccc(O)cc2)C(=O)N[C@@H](CCCNC(N)=O)C(=O)N[C@@H](CCCCN)C(=O)N[C@H](CCCNC(N)=O)C(=O)N2CCC[C@H]2C(=O)N[C@@H](Cc2ccc(O)cc2)C(=O)N[C@@H](CCCNC(=N)N)C(=O)N[C@@H](CCCNC(N)=O)C(=O)N1)C(N)=O. The average Bonchev–Trinajstić information content (AvgIpc) is 1.68. The lowest BCUT2D eigenvalue weighted by Crippen LogP contribution is -2.61. The number of guanidine groups is 4. The Morgan fingerprint density at radius 2 is 0.799 bits per heavy atom. The number of carboxylic acid groups (broad SMARTS) is 1. The number of unbranched alkanes of at least 4 members (excludes halogenated alkanes) is 1. The van der Waals surface area contributed by atoms with E-state index in [-0.39, 0.29) is 210 Å². The summed E-state index contributed by atoms with van der Waals surface area (Å²) >= 11 is 0. The first-order chi connectivity index (χ1) is 70.8. The number of aromatic hydroxyl groups is 2. The van der Waals surface area contributed by atoms with Crippen LogP contribution in [0.25, 0.3) is 10.8 Å². The van der Waals surface area contributed by atoms with Gasteiger partial charge in [0.2, 0.25) is 82.7 Å². The van der Waals surface area contributed by atoms with Gasteiger partial charge in [0.1, 0.15) is 90.0 Å². The number of nitrogens with two attached hydrogens (primary N) is 10. The normalized spacial score (nSPS) is 19.7. The first-order valence-corrected chi connectivity index (χ1v) is 50.9. The summed E-state index contributed by atoms with van der Waals surface area (Å²) in [6.45, 7) is 0.495. The van der Waals surface area contributed by atoms with Crippen LogP contribution in [-0.2, 0) is 91.2 Å². The molecule has 4 aromatic rings. The van der Waals surface area contributed by atoms with Crippen LogP contribution >= 0.6 is 21.6 Å². The summed E-state index contributed by atoms with van der Waals surface area (Å²) in [5, 5.41) is 111. The highest BCUT2D eigenvalue weighted by atomic mass is 33.1. The summed E-state index contributed by atoms with van der Waals surface area (Å²) in [6, 6.07) is -2.89. The van der Waals surface area contributed by atoms with Crippen LogP contribution in [0, 0.1) is 21.6 Å². The van der Waals surface area contributed by atoms with Crippen molar-refractivity contribution in [1.82, 2.24) is 106 Å². The molecule has 20 amide bonds. The number of nitrogens with one attached hydrogen (secondary N) is 23. The van der Waals surface area contributed by atoms with E-state index in [1.54, 1.807) is 36.4 Å². The van der Waals surface area contributed by atoms with Crippen molar-refractivity contribution < 1.29 is 102 Å². The molecule has 4 aromatic carbocycles. The Morgan fingerprint density at radius 1 is 0.416 bits per heavy atom. The zero-order valence-electron chi connectivity index (χ0n) is 82.8. The Balaban J connectivity index is 0.00000957. The smallest absolute Gasteiger partial charge is 0.312 e. The molecule has 55 nitrogen and oxygen atoms in total. The van der Waals surface area contributed by atoms with Crippen molar-refractivity contribution in [3.8, 4) is 11.5 Å². The number of amides is 20. The Labute approximate surface area is 867 Å². The molecule has 0 bridgehead atoms. The third kappa shape index (κ3) is 48.5. The van der Waals surface area contributed by atoms with Crippen LogP contribution in [0.3, 0.4) is 0 Å². The number of primary amides is 4. The maximum Gasteiger partial charge on any atom is 0.312 e. The lowest BCUT2D eigenvalue weighted by atomic mass is 10.00. The fourth-order valence-corrected chi connectivity index (χ4v) is 17.9. The van der Waals surface area contributed by atoms with Crippen molar-refractivity contribution in [2.75, 3.05) is 70.4 Å². The quantitative estimate of drug-likeness (QED) is 0.00846. The van der Waals surface area contributed by atoms with Crippen molar-refractivity contribution in [2.24, 2.45) is 57.3 Å². The molecule has 57 heteroatoms. The number of hydrogen-bond acceptors (Lipinski definition) is 28. The van der Waals surface area contributed by atoms with Crippen molar-refractivity contribution in [3.05, 3.63) is 108 Å². The van der Waals surface area contributed by atoms with Crippen molar-refractivity contribution in [3.63, 3.8) is 0 Å². The minimum Gasteiger partial charge on any atom is -0.508 e. The van der Waals surface area contributed by atoms with Gasteiger partial charge in [-0.2, -0.15) is 0 Å². The first kappa shape index (κ1) is 124. The van der Waals surface area contributed by atoms with Crippen LogP contribution in [0.1, 0.15) is 146 Å². The molecular formula is C92H144N34O21S2. The van der Waals surface area contributed by atoms with E-state index in [4.69, 9.17) is 88.9 Å². The number of nitrogens with zero attached hydrogens (tertiary/aromatic N) is 1. The van der Waals surface area contributed by atoms with Crippen molar-refractivity contribution in [2.45, 2.75) is 233 Å². The van der Waals surface area contributed by atoms with Crippen LogP contribution < -0.4 is 158 Å². The highest BCUT2D eigenvalue weighted by molar-refractivity contribution is 8.76. The Hall–Kier alpha value is -15.7. The summed E-state index contributed by atoms with van der Waals surface area (Å²) in [5.74, 6) is -18.7. The number of phenolic OH excluding ortho intramolecular Hbond substituents is 2. The number of carbonyl (C=O) groups is 18. The fourth-order valence-electron chi connectivity index (χ4n) is 15.5. The van der Waals surface area contributed by atoms with Gasteiger partial charge in [-0.15, -0.1) is 0 Å². The van der Waals surface area contributed by atoms with E-state index >= 15 is 57.5 Å². The Bertz CT molecular complexity index is 5210. The molecule has 2 aliphatic heterocycles. The monoisotopic (exact) mass is 2130 g/mol. The first-order valence-electron chi connectivity index (χ1n) is 48.4. The number of carbonyl (C=O) groups excluding carboxylic acids is 17. The number of hydrogen-bond donors (Lipinski definition) is 36. The second-order valence-electron chi connectivity index (χ2n) is 35.2. The number of fused-ring (bicyclic) bond motifs is 2. The predicted octanol–water partition coefficient (Wildman–Crippen LogP) is -7.09. The molecule has 0 aromatic heterocycles. The van der Waals surface area contributed by atoms with E-state index in [1.165, 1.54) is 48.5 Å². The molecule has 820 valence electrons. The molecule has 0 radical (unpaired) electrons. The van der Waals surface area contributed by atoms with Gasteiger partial charge < -0.3 is 179 Å². The molecule has 0 saturated carbocycles. The fraction of sp³-hybridized carbons (Fsp3) is 0.522. The van der Waals surface area contributed by atoms with Crippen LogP contribution in [-0.4, -0.2) is 306 Å². The lowest BCUT2D eigenvalue weighted by Gasteiger charge is -2.31. The molecule has 2 aliphatic rings. The summed E-state index contributed by atoms with van der Waals surface area (Å²) in [6.07, 6.45) is -2.65. The summed E-state index contributed by atoms with van der Waals surface area (Å²) in [5.41, 5.74) is 57.9. The van der Waals surface area contributed by atoms with Crippen molar-refractivity contribution >= 4 is 163 Å². The summed E-state index contributed by atoms with van der Waals surface area (Å²) < 4.78 is 0. The lowest BCUT2D eigenvalue weighted by molar-refractivity contribution is -0.142. The molecule has 0 unspecified atom stereocenters. The van der Waals surface area contributed by atoms with E-state index in [2.05, 4.69) is 101 Å². The van der Waals surface area contributed by atoms with Crippen LogP contribution in [0.5, 0.6) is 11.5 Å². The number of rotatable bonds is 47. The topological polar surface area (TPSA) is 955 Å². The maximum absolute atomic E-state index is 16.0. The third-order valence-corrected chi connectivity index (χ3v) is 25.6. The minimum absolute atomic E-state index is 0.00412. The maximum atomic E-state index is 16.0. The molecule has 6 rings (SSSR count). The summed E-state index contributed by atoms with van der Waals surface area (Å²) in [7, 11) is 1.48. The standard InChI is InChI=1S/C90H140N34O19S2.C2H4O2/c91-34-4-3-16-58-74(131)118-63(22-11-41-111-90(104)143)83(140)124-42-12-23-69(124)82(139)121-65(45-50-27-32-55(126)33-28-50)78(135)117-60(19-8-38-108-87(100)101)73(130)115-62(21-10-40-110-89(103)142)76(133)122-67(80(137)112-57(70(93)127)17-6-36-106-85(96)97)47-144-145-48-68(81(138)120-64(44-49-25-30-54(125)31-26-49)77(134)116-61(72(129)114-58)20-9-39-109-88(102)141)123-79(136)66(46-51-24-29-52-13-1-2-14-53(52)43-51)119-75(132)59(18-7-37-107-86(98)99)113-71(128)56(92)15-5-35-105-84(94)95;1-2(3)4/h1-2,13-14,24-33,43,56-69,125-126H,3-12,15-23,34-42,44-48,91-92H2,(H2,93,127)(H,112,137)(H,113,128)(H,114,129)(H,115,130)(H,116,134)(H,117,135)(H,118,131)(H,119,132)(H,120,138)(H,121,139)(H,122,133)(H,123,136)(H4,94,95,105)(H4,96,97,106)(H4,98,99,107)(H4,100,101,108)(H3,102,109,141)(H3,103,110,142)(H3,104,111,143);1H3,(H,3,4)/t56-,57-,58-,59-,60-,61-,62-,63+,64-,65-,66-,67-,68-,69-;/m0./s1. The van der Waals surface area contributed by atoms with Crippen LogP contribution in [0.15, 0.2) is 91.0 Å². The molecular weight excluding hydrogens is 1980 g/mol. The van der Waals surface area contributed by atoms with E-state index in [9.17, 15) is 34.2 Å². The Morgan fingerprint density at radius 3 is 1.26 bits per heavy atom. The average molecular weight is 2130 g/mol. The molecule has 2 heterocycles. The molecule has 0 aliphatic carbocycles. The van der Waals surface area contributed by atoms with Crippen LogP contribution in [0.2, 0.25) is 0 Å². The zero-order valence-corrected chi connectivity index (χ0v) is 84.4. The van der Waals surface area contributed by atoms with Gasteiger partial charge in [-0.25, -0.2) is 14.4 Å².